The zero-order valence-corrected chi connectivity index (χ0v) is 13.3. The molecular weight excluding hydrogens is 282 g/mol. The van der Waals surface area contributed by atoms with Crippen LogP contribution in [0.4, 0.5) is 4.79 Å². The van der Waals surface area contributed by atoms with Crippen molar-refractivity contribution in [1.29, 1.82) is 0 Å². The lowest BCUT2D eigenvalue weighted by atomic mass is 10.0. The summed E-state index contributed by atoms with van der Waals surface area (Å²) in [5.74, 6) is 1.98. The average molecular weight is 303 g/mol. The standard InChI is InChI=1S/C17H21NO4/c1-6-12-7-9-13(10-8-12)11-14(15(19)21-5)18-16(20)22-17(2,3)4/h1,7-10,14H,11H2,2-5H3,(H,18,20)/t14-/m0/s1. The Labute approximate surface area is 131 Å². The first-order valence-electron chi connectivity index (χ1n) is 6.88. The van der Waals surface area contributed by atoms with Crippen LogP contribution >= 0.6 is 0 Å². The Kier molecular flexibility index (Phi) is 6.00. The molecule has 0 aliphatic carbocycles. The van der Waals surface area contributed by atoms with E-state index in [0.29, 0.717) is 0 Å². The van der Waals surface area contributed by atoms with E-state index in [1.165, 1.54) is 7.11 Å². The van der Waals surface area contributed by atoms with Gasteiger partial charge in [-0.2, -0.15) is 0 Å². The molecule has 0 aliphatic rings. The summed E-state index contributed by atoms with van der Waals surface area (Å²) in [4.78, 5) is 23.6. The molecular formula is C17H21NO4. The third-order valence-electron chi connectivity index (χ3n) is 2.74. The van der Waals surface area contributed by atoms with Gasteiger partial charge in [0.2, 0.25) is 0 Å². The molecule has 1 amide bonds. The number of terminal acetylenes is 1. The van der Waals surface area contributed by atoms with E-state index in [2.05, 4.69) is 11.2 Å². The van der Waals surface area contributed by atoms with Crippen molar-refractivity contribution in [2.75, 3.05) is 7.11 Å². The first-order chi connectivity index (χ1) is 10.2. The second kappa shape index (κ2) is 7.51. The van der Waals surface area contributed by atoms with Crippen molar-refractivity contribution in [2.24, 2.45) is 0 Å². The van der Waals surface area contributed by atoms with Crippen molar-refractivity contribution in [2.45, 2.75) is 38.8 Å². The summed E-state index contributed by atoms with van der Waals surface area (Å²) in [5, 5.41) is 2.53. The van der Waals surface area contributed by atoms with Crippen LogP contribution < -0.4 is 5.32 Å². The van der Waals surface area contributed by atoms with E-state index in [1.54, 1.807) is 32.9 Å². The van der Waals surface area contributed by atoms with E-state index in [0.717, 1.165) is 11.1 Å². The number of carbonyl (C=O) groups excluding carboxylic acids is 2. The summed E-state index contributed by atoms with van der Waals surface area (Å²) >= 11 is 0. The van der Waals surface area contributed by atoms with Gasteiger partial charge < -0.3 is 14.8 Å². The minimum Gasteiger partial charge on any atom is -0.467 e. The van der Waals surface area contributed by atoms with E-state index < -0.39 is 23.7 Å². The summed E-state index contributed by atoms with van der Waals surface area (Å²) < 4.78 is 9.87. The third-order valence-corrected chi connectivity index (χ3v) is 2.74. The Morgan fingerprint density at radius 3 is 2.32 bits per heavy atom. The van der Waals surface area contributed by atoms with Gasteiger partial charge >= 0.3 is 12.1 Å². The number of rotatable bonds is 4. The molecule has 5 heteroatoms. The fourth-order valence-electron chi connectivity index (χ4n) is 1.76. The highest BCUT2D eigenvalue weighted by Crippen LogP contribution is 2.10. The van der Waals surface area contributed by atoms with E-state index >= 15 is 0 Å². The highest BCUT2D eigenvalue weighted by atomic mass is 16.6. The van der Waals surface area contributed by atoms with Gasteiger partial charge in [0.25, 0.3) is 0 Å². The number of nitrogens with one attached hydrogen (secondary N) is 1. The molecule has 1 N–H and O–H groups in total. The van der Waals surface area contributed by atoms with Gasteiger partial charge in [-0.15, -0.1) is 6.42 Å². The van der Waals surface area contributed by atoms with E-state index in [9.17, 15) is 9.59 Å². The van der Waals surface area contributed by atoms with Gasteiger partial charge in [-0.3, -0.25) is 0 Å². The Hall–Kier alpha value is -2.48. The molecule has 0 spiro atoms. The zero-order chi connectivity index (χ0) is 16.8. The summed E-state index contributed by atoms with van der Waals surface area (Å²) in [6.07, 6.45) is 4.92. The number of carbonyl (C=O) groups is 2. The maximum Gasteiger partial charge on any atom is 0.408 e. The van der Waals surface area contributed by atoms with Gasteiger partial charge in [0.15, 0.2) is 0 Å². The van der Waals surface area contributed by atoms with Crippen LogP contribution in [-0.4, -0.2) is 30.8 Å². The predicted octanol–water partition coefficient (Wildman–Crippen LogP) is 2.28. The minimum atomic E-state index is -0.823. The minimum absolute atomic E-state index is 0.288. The van der Waals surface area contributed by atoms with Crippen molar-refractivity contribution in [3.05, 3.63) is 35.4 Å². The molecule has 1 rings (SSSR count). The number of methoxy groups -OCH3 is 1. The highest BCUT2D eigenvalue weighted by Gasteiger charge is 2.25. The lowest BCUT2D eigenvalue weighted by Crippen LogP contribution is -2.45. The van der Waals surface area contributed by atoms with Crippen molar-refractivity contribution in [1.82, 2.24) is 5.32 Å². The quantitative estimate of drug-likeness (QED) is 0.684. The topological polar surface area (TPSA) is 64.6 Å². The Balaban J connectivity index is 2.78. The van der Waals surface area contributed by atoms with Gasteiger partial charge in [0.05, 0.1) is 7.11 Å². The largest absolute Gasteiger partial charge is 0.467 e. The fraction of sp³-hybridized carbons (Fsp3) is 0.412. The molecule has 1 atom stereocenters. The first-order valence-corrected chi connectivity index (χ1v) is 6.88. The molecule has 0 aromatic heterocycles. The molecule has 0 bridgehead atoms. The lowest BCUT2D eigenvalue weighted by Gasteiger charge is -2.22. The fourth-order valence-corrected chi connectivity index (χ4v) is 1.76. The molecule has 0 saturated heterocycles. The van der Waals surface area contributed by atoms with Crippen molar-refractivity contribution in [3.63, 3.8) is 0 Å². The van der Waals surface area contributed by atoms with Crippen molar-refractivity contribution >= 4 is 12.1 Å². The predicted molar refractivity (Wildman–Crippen MR) is 83.3 cm³/mol. The summed E-state index contributed by atoms with van der Waals surface area (Å²) in [6.45, 7) is 5.24. The second-order valence-electron chi connectivity index (χ2n) is 5.77. The molecule has 0 radical (unpaired) electrons. The van der Waals surface area contributed by atoms with Crippen LogP contribution in [0.5, 0.6) is 0 Å². The van der Waals surface area contributed by atoms with E-state index in [4.69, 9.17) is 15.9 Å². The summed E-state index contributed by atoms with van der Waals surface area (Å²) in [6, 6.07) is 6.34. The van der Waals surface area contributed by atoms with Crippen LogP contribution in [0.15, 0.2) is 24.3 Å². The van der Waals surface area contributed by atoms with E-state index in [-0.39, 0.29) is 6.42 Å². The SMILES string of the molecule is C#Cc1ccc(C[C@H](NC(=O)OC(C)(C)C)C(=O)OC)cc1. The molecule has 118 valence electrons. The average Bonchev–Trinajstić information content (AvgIpc) is 2.44. The number of hydrogen-bond donors (Lipinski definition) is 1. The molecule has 0 unspecified atom stereocenters. The van der Waals surface area contributed by atoms with Gasteiger partial charge in [0, 0.05) is 12.0 Å². The molecule has 0 saturated carbocycles. The molecule has 22 heavy (non-hydrogen) atoms. The number of esters is 1. The molecule has 0 heterocycles. The normalized spacial score (nSPS) is 12.0. The number of alkyl carbamates (subject to hydrolysis) is 1. The van der Waals surface area contributed by atoms with Crippen LogP contribution in [0.3, 0.4) is 0 Å². The van der Waals surface area contributed by atoms with Crippen LogP contribution in [0.25, 0.3) is 0 Å². The Morgan fingerprint density at radius 1 is 1.27 bits per heavy atom. The monoisotopic (exact) mass is 303 g/mol. The van der Waals surface area contributed by atoms with Gasteiger partial charge in [0.1, 0.15) is 11.6 Å². The first kappa shape index (κ1) is 17.6. The van der Waals surface area contributed by atoms with Gasteiger partial charge in [-0.25, -0.2) is 9.59 Å². The summed E-state index contributed by atoms with van der Waals surface area (Å²) in [5.41, 5.74) is 0.961. The highest BCUT2D eigenvalue weighted by molar-refractivity contribution is 5.81. The number of amides is 1. The maximum absolute atomic E-state index is 11.8. The number of hydrogen-bond acceptors (Lipinski definition) is 4. The second-order valence-corrected chi connectivity index (χ2v) is 5.77. The summed E-state index contributed by atoms with van der Waals surface area (Å²) in [7, 11) is 1.27. The lowest BCUT2D eigenvalue weighted by molar-refractivity contribution is -0.143. The van der Waals surface area contributed by atoms with Crippen molar-refractivity contribution < 1.29 is 19.1 Å². The van der Waals surface area contributed by atoms with Crippen LogP contribution in [-0.2, 0) is 20.7 Å². The number of benzene rings is 1. The zero-order valence-electron chi connectivity index (χ0n) is 13.3. The van der Waals surface area contributed by atoms with Crippen LogP contribution in [0, 0.1) is 12.3 Å². The van der Waals surface area contributed by atoms with Crippen molar-refractivity contribution in [3.8, 4) is 12.3 Å². The third kappa shape index (κ3) is 5.88. The Morgan fingerprint density at radius 2 is 1.86 bits per heavy atom. The number of ether oxygens (including phenoxy) is 2. The maximum atomic E-state index is 11.8. The van der Waals surface area contributed by atoms with Gasteiger partial charge in [-0.05, 0) is 38.5 Å². The molecule has 1 aromatic carbocycles. The molecule has 0 fully saturated rings. The van der Waals surface area contributed by atoms with Gasteiger partial charge in [-0.1, -0.05) is 18.1 Å². The molecule has 5 nitrogen and oxygen atoms in total. The van der Waals surface area contributed by atoms with Crippen LogP contribution in [0.2, 0.25) is 0 Å². The molecule has 0 aliphatic heterocycles. The van der Waals surface area contributed by atoms with E-state index in [1.807, 2.05) is 12.1 Å². The Bertz CT molecular complexity index is 564. The van der Waals surface area contributed by atoms with Crippen LogP contribution in [0.1, 0.15) is 31.9 Å². The smallest absolute Gasteiger partial charge is 0.408 e. The molecule has 1 aromatic rings.